The molecule has 1 rings (SSSR count). The van der Waals surface area contributed by atoms with Crippen LogP contribution < -0.4 is 10.6 Å². The van der Waals surface area contributed by atoms with Gasteiger partial charge in [0.1, 0.15) is 0 Å². The zero-order valence-corrected chi connectivity index (χ0v) is 11.5. The zero-order chi connectivity index (χ0) is 13.7. The first-order valence-corrected chi connectivity index (χ1v) is 6.11. The number of urea groups is 1. The number of amides is 2. The Morgan fingerprint density at radius 2 is 2.00 bits per heavy atom. The van der Waals surface area contributed by atoms with Crippen LogP contribution in [0.1, 0.15) is 19.4 Å². The number of aryl methyl sites for hydroxylation is 1. The van der Waals surface area contributed by atoms with Crippen molar-refractivity contribution < 1.29 is 9.59 Å². The van der Waals surface area contributed by atoms with Gasteiger partial charge < -0.3 is 10.6 Å². The summed E-state index contributed by atoms with van der Waals surface area (Å²) in [5, 5.41) is 5.71. The Morgan fingerprint density at radius 1 is 1.33 bits per heavy atom. The third-order valence-corrected chi connectivity index (χ3v) is 2.90. The maximum atomic E-state index is 11.5. The van der Waals surface area contributed by atoms with E-state index in [0.717, 1.165) is 5.56 Å². The summed E-state index contributed by atoms with van der Waals surface area (Å²) >= 11 is 5.94. The summed E-state index contributed by atoms with van der Waals surface area (Å²) in [6.45, 7) is 5.50. The molecule has 0 saturated heterocycles. The molecule has 0 unspecified atom stereocenters. The van der Waals surface area contributed by atoms with Gasteiger partial charge in [-0.25, -0.2) is 4.79 Å². The molecule has 18 heavy (non-hydrogen) atoms. The van der Waals surface area contributed by atoms with Crippen LogP contribution in [0.15, 0.2) is 18.2 Å². The molecular weight excluding hydrogens is 252 g/mol. The molecule has 0 fully saturated rings. The topological polar surface area (TPSA) is 58.2 Å². The fraction of sp³-hybridized carbons (Fsp3) is 0.385. The molecule has 98 valence electrons. The monoisotopic (exact) mass is 268 g/mol. The number of carbonyl (C=O) groups is 2. The molecule has 0 atom stereocenters. The van der Waals surface area contributed by atoms with E-state index in [0.29, 0.717) is 10.7 Å². The Balaban J connectivity index is 2.49. The third-order valence-electron chi connectivity index (χ3n) is 2.50. The summed E-state index contributed by atoms with van der Waals surface area (Å²) < 4.78 is 0. The lowest BCUT2D eigenvalue weighted by Crippen LogP contribution is -2.34. The highest BCUT2D eigenvalue weighted by atomic mass is 35.5. The van der Waals surface area contributed by atoms with E-state index in [-0.39, 0.29) is 18.2 Å². The van der Waals surface area contributed by atoms with Crippen LogP contribution in [0.5, 0.6) is 0 Å². The van der Waals surface area contributed by atoms with Gasteiger partial charge in [-0.05, 0) is 24.6 Å². The van der Waals surface area contributed by atoms with Crippen molar-refractivity contribution in [2.45, 2.75) is 20.8 Å². The molecule has 0 spiro atoms. The van der Waals surface area contributed by atoms with Gasteiger partial charge in [0.25, 0.3) is 0 Å². The summed E-state index contributed by atoms with van der Waals surface area (Å²) in [4.78, 5) is 22.9. The van der Waals surface area contributed by atoms with Crippen molar-refractivity contribution in [3.63, 3.8) is 0 Å². The minimum Gasteiger partial charge on any atom is -0.331 e. The number of halogens is 1. The van der Waals surface area contributed by atoms with Crippen LogP contribution in [0.3, 0.4) is 0 Å². The number of hydrogen-bond acceptors (Lipinski definition) is 2. The van der Waals surface area contributed by atoms with Crippen molar-refractivity contribution in [3.05, 3.63) is 28.8 Å². The van der Waals surface area contributed by atoms with E-state index in [1.165, 1.54) is 0 Å². The average molecular weight is 269 g/mol. The Bertz CT molecular complexity index is 458. The van der Waals surface area contributed by atoms with Crippen molar-refractivity contribution in [1.29, 1.82) is 0 Å². The highest BCUT2D eigenvalue weighted by Crippen LogP contribution is 2.19. The van der Waals surface area contributed by atoms with Crippen LogP contribution >= 0.6 is 11.6 Å². The Hall–Kier alpha value is -1.55. The summed E-state index contributed by atoms with van der Waals surface area (Å²) in [6, 6.07) is 4.83. The Morgan fingerprint density at radius 3 is 2.56 bits per heavy atom. The molecule has 2 N–H and O–H groups in total. The lowest BCUT2D eigenvalue weighted by atomic mass is 10.1. The van der Waals surface area contributed by atoms with E-state index in [9.17, 15) is 9.59 Å². The predicted molar refractivity (Wildman–Crippen MR) is 73.1 cm³/mol. The van der Waals surface area contributed by atoms with Crippen molar-refractivity contribution in [2.75, 3.05) is 11.9 Å². The van der Waals surface area contributed by atoms with Crippen LogP contribution in [0, 0.1) is 12.8 Å². The molecule has 0 saturated carbocycles. The van der Waals surface area contributed by atoms with Gasteiger partial charge in [0.15, 0.2) is 5.78 Å². The van der Waals surface area contributed by atoms with Crippen LogP contribution in [0.25, 0.3) is 0 Å². The van der Waals surface area contributed by atoms with Crippen LogP contribution in [0.4, 0.5) is 10.5 Å². The second-order valence-corrected chi connectivity index (χ2v) is 4.80. The highest BCUT2D eigenvalue weighted by Gasteiger charge is 2.09. The standard InChI is InChI=1S/C13H17ClN2O2/c1-8(2)12(17)7-15-13(18)16-10-5-4-9(3)11(14)6-10/h4-6,8H,7H2,1-3H3,(H2,15,16,18). The molecule has 2 amide bonds. The van der Waals surface area contributed by atoms with Gasteiger partial charge in [-0.15, -0.1) is 0 Å². The van der Waals surface area contributed by atoms with Crippen molar-refractivity contribution in [1.82, 2.24) is 5.32 Å². The lowest BCUT2D eigenvalue weighted by Gasteiger charge is -2.09. The summed E-state index contributed by atoms with van der Waals surface area (Å²) in [5.74, 6) is -0.0915. The largest absolute Gasteiger partial charge is 0.331 e. The number of hydrogen-bond donors (Lipinski definition) is 2. The normalized spacial score (nSPS) is 10.3. The molecule has 0 radical (unpaired) electrons. The average Bonchev–Trinajstić information content (AvgIpc) is 2.30. The van der Waals surface area contributed by atoms with Crippen molar-refractivity contribution in [3.8, 4) is 0 Å². The molecule has 4 nitrogen and oxygen atoms in total. The van der Waals surface area contributed by atoms with Gasteiger partial charge in [0, 0.05) is 16.6 Å². The maximum absolute atomic E-state index is 11.5. The van der Waals surface area contributed by atoms with Crippen molar-refractivity contribution >= 4 is 29.1 Å². The van der Waals surface area contributed by atoms with Gasteiger partial charge in [0.05, 0.1) is 6.54 Å². The van der Waals surface area contributed by atoms with Gasteiger partial charge in [-0.1, -0.05) is 31.5 Å². The number of anilines is 1. The number of rotatable bonds is 4. The van der Waals surface area contributed by atoms with Gasteiger partial charge in [0.2, 0.25) is 0 Å². The Kier molecular flexibility index (Phi) is 5.16. The fourth-order valence-corrected chi connectivity index (χ4v) is 1.40. The zero-order valence-electron chi connectivity index (χ0n) is 10.7. The number of Topliss-reactive ketones (excluding diaryl/α,β-unsaturated/α-hetero) is 1. The predicted octanol–water partition coefficient (Wildman–Crippen LogP) is 3.00. The second kappa shape index (κ2) is 6.40. The Labute approximate surface area is 112 Å². The SMILES string of the molecule is Cc1ccc(NC(=O)NCC(=O)C(C)C)cc1Cl. The van der Waals surface area contributed by atoms with Crippen LogP contribution in [-0.4, -0.2) is 18.4 Å². The lowest BCUT2D eigenvalue weighted by molar-refractivity contribution is -0.120. The first-order chi connectivity index (χ1) is 8.40. The second-order valence-electron chi connectivity index (χ2n) is 4.39. The first-order valence-electron chi connectivity index (χ1n) is 5.74. The fourth-order valence-electron chi connectivity index (χ4n) is 1.22. The number of benzene rings is 1. The van der Waals surface area contributed by atoms with E-state index < -0.39 is 6.03 Å². The van der Waals surface area contributed by atoms with E-state index in [1.54, 1.807) is 26.0 Å². The van der Waals surface area contributed by atoms with E-state index in [1.807, 2.05) is 13.0 Å². The molecule has 0 aliphatic carbocycles. The maximum Gasteiger partial charge on any atom is 0.319 e. The minimum absolute atomic E-state index is 0.00733. The molecule has 1 aromatic rings. The molecule has 0 bridgehead atoms. The summed E-state index contributed by atoms with van der Waals surface area (Å²) in [6.07, 6.45) is 0. The summed E-state index contributed by atoms with van der Waals surface area (Å²) in [7, 11) is 0. The van der Waals surface area contributed by atoms with Crippen LogP contribution in [-0.2, 0) is 4.79 Å². The van der Waals surface area contributed by atoms with Gasteiger partial charge >= 0.3 is 6.03 Å². The van der Waals surface area contributed by atoms with Crippen molar-refractivity contribution in [2.24, 2.45) is 5.92 Å². The number of nitrogens with one attached hydrogen (secondary N) is 2. The summed E-state index contributed by atoms with van der Waals surface area (Å²) in [5.41, 5.74) is 1.54. The molecule has 0 aliphatic rings. The first kappa shape index (κ1) is 14.5. The van der Waals surface area contributed by atoms with Gasteiger partial charge in [-0.3, -0.25) is 4.79 Å². The minimum atomic E-state index is -0.413. The molecule has 0 heterocycles. The van der Waals surface area contributed by atoms with E-state index >= 15 is 0 Å². The third kappa shape index (κ3) is 4.37. The van der Waals surface area contributed by atoms with E-state index in [2.05, 4.69) is 10.6 Å². The number of ketones is 1. The quantitative estimate of drug-likeness (QED) is 0.882. The number of carbonyl (C=O) groups excluding carboxylic acids is 2. The van der Waals surface area contributed by atoms with Gasteiger partial charge in [-0.2, -0.15) is 0 Å². The molecule has 0 aromatic heterocycles. The molecular formula is C13H17ClN2O2. The molecule has 1 aromatic carbocycles. The smallest absolute Gasteiger partial charge is 0.319 e. The van der Waals surface area contributed by atoms with E-state index in [4.69, 9.17) is 11.6 Å². The highest BCUT2D eigenvalue weighted by molar-refractivity contribution is 6.31. The molecule has 0 aliphatic heterocycles. The van der Waals surface area contributed by atoms with Crippen LogP contribution in [0.2, 0.25) is 5.02 Å². The molecule has 5 heteroatoms.